The van der Waals surface area contributed by atoms with Crippen molar-refractivity contribution in [1.29, 1.82) is 0 Å². The number of aromatic nitrogens is 1. The minimum atomic E-state index is -0.447. The maximum Gasteiger partial charge on any atom is 0.325 e. The van der Waals surface area contributed by atoms with Crippen molar-refractivity contribution < 1.29 is 23.8 Å². The fourth-order valence-electron chi connectivity index (χ4n) is 2.37. The zero-order valence-electron chi connectivity index (χ0n) is 14.0. The predicted molar refractivity (Wildman–Crippen MR) is 93.0 cm³/mol. The Labute approximate surface area is 149 Å². The summed E-state index contributed by atoms with van der Waals surface area (Å²) in [5.74, 6) is 0.866. The smallest absolute Gasteiger partial charge is 0.325 e. The van der Waals surface area contributed by atoms with Crippen molar-refractivity contribution in [1.82, 2.24) is 10.3 Å². The maximum atomic E-state index is 11.8. The third-order valence-corrected chi connectivity index (χ3v) is 4.62. The molecule has 132 valence electrons. The molecule has 0 radical (unpaired) electrons. The van der Waals surface area contributed by atoms with Gasteiger partial charge < -0.3 is 19.5 Å². The first-order valence-corrected chi connectivity index (χ1v) is 8.81. The van der Waals surface area contributed by atoms with Crippen LogP contribution in [0.3, 0.4) is 0 Å². The lowest BCUT2D eigenvalue weighted by molar-refractivity contribution is -0.143. The Bertz CT molecular complexity index is 824. The zero-order chi connectivity index (χ0) is 17.8. The van der Waals surface area contributed by atoms with E-state index < -0.39 is 5.97 Å². The molecule has 1 aromatic heterocycles. The summed E-state index contributed by atoms with van der Waals surface area (Å²) in [4.78, 5) is 27.7. The number of hydrogen-bond donors (Lipinski definition) is 1. The topological polar surface area (TPSA) is 86.8 Å². The third-order valence-electron chi connectivity index (χ3n) is 3.53. The van der Waals surface area contributed by atoms with E-state index in [2.05, 4.69) is 10.3 Å². The Morgan fingerprint density at radius 3 is 2.80 bits per heavy atom. The average Bonchev–Trinajstić information content (AvgIpc) is 3.03. The number of carbonyl (C=O) groups excluding carboxylic acids is 2. The van der Waals surface area contributed by atoms with Crippen LogP contribution < -0.4 is 14.8 Å². The molecule has 1 N–H and O–H groups in total. The van der Waals surface area contributed by atoms with Gasteiger partial charge in [-0.1, -0.05) is 11.8 Å². The van der Waals surface area contributed by atoms with Crippen molar-refractivity contribution in [3.05, 3.63) is 23.8 Å². The van der Waals surface area contributed by atoms with Gasteiger partial charge in [-0.25, -0.2) is 4.98 Å². The van der Waals surface area contributed by atoms with Crippen molar-refractivity contribution in [3.8, 4) is 11.5 Å². The van der Waals surface area contributed by atoms with Crippen LogP contribution in [0.25, 0.3) is 10.9 Å². The van der Waals surface area contributed by atoms with Crippen LogP contribution >= 0.6 is 11.8 Å². The van der Waals surface area contributed by atoms with E-state index in [1.54, 1.807) is 6.92 Å². The number of pyridine rings is 1. The van der Waals surface area contributed by atoms with Gasteiger partial charge in [0.15, 0.2) is 11.5 Å². The Kier molecular flexibility index (Phi) is 5.28. The molecule has 0 atom stereocenters. The van der Waals surface area contributed by atoms with Gasteiger partial charge >= 0.3 is 5.97 Å². The highest BCUT2D eigenvalue weighted by atomic mass is 32.2. The molecule has 0 unspecified atom stereocenters. The van der Waals surface area contributed by atoms with E-state index >= 15 is 0 Å². The van der Waals surface area contributed by atoms with Crippen LogP contribution in [0.5, 0.6) is 11.5 Å². The van der Waals surface area contributed by atoms with Gasteiger partial charge in [-0.05, 0) is 31.5 Å². The quantitative estimate of drug-likeness (QED) is 0.621. The molecular formula is C17H18N2O5S. The number of rotatable bonds is 6. The molecular weight excluding hydrogens is 344 g/mol. The monoisotopic (exact) mass is 362 g/mol. The van der Waals surface area contributed by atoms with Gasteiger partial charge in [-0.15, -0.1) is 0 Å². The second-order valence-corrected chi connectivity index (χ2v) is 6.34. The van der Waals surface area contributed by atoms with Gasteiger partial charge in [-0.3, -0.25) is 9.59 Å². The largest absolute Gasteiger partial charge is 0.465 e. The molecule has 3 rings (SSSR count). The second kappa shape index (κ2) is 7.60. The highest BCUT2D eigenvalue weighted by Crippen LogP contribution is 2.36. The number of hydrogen-bond acceptors (Lipinski definition) is 7. The van der Waals surface area contributed by atoms with Gasteiger partial charge in [-0.2, -0.15) is 0 Å². The molecule has 0 saturated carbocycles. The Morgan fingerprint density at radius 2 is 2.04 bits per heavy atom. The fourth-order valence-corrected chi connectivity index (χ4v) is 3.19. The normalized spacial score (nSPS) is 12.2. The van der Waals surface area contributed by atoms with E-state index in [-0.39, 0.29) is 25.0 Å². The van der Waals surface area contributed by atoms with E-state index in [9.17, 15) is 9.59 Å². The van der Waals surface area contributed by atoms with Gasteiger partial charge in [0.1, 0.15) is 11.6 Å². The number of carbonyl (C=O) groups is 2. The van der Waals surface area contributed by atoms with Crippen molar-refractivity contribution in [2.24, 2.45) is 0 Å². The number of benzene rings is 1. The molecule has 0 bridgehead atoms. The van der Waals surface area contributed by atoms with Crippen LogP contribution in [-0.4, -0.2) is 42.6 Å². The Balaban J connectivity index is 1.65. The highest BCUT2D eigenvalue weighted by Gasteiger charge is 2.16. The minimum Gasteiger partial charge on any atom is -0.465 e. The lowest BCUT2D eigenvalue weighted by Gasteiger charge is -2.08. The molecule has 0 aliphatic carbocycles. The molecule has 0 saturated heterocycles. The molecule has 1 aromatic carbocycles. The molecule has 1 aliphatic rings. The minimum absolute atomic E-state index is 0.124. The number of fused-ring (bicyclic) bond motifs is 2. The molecule has 2 heterocycles. The molecule has 0 fully saturated rings. The van der Waals surface area contributed by atoms with Crippen molar-refractivity contribution in [2.75, 3.05) is 25.7 Å². The number of thioether (sulfide) groups is 1. The van der Waals surface area contributed by atoms with E-state index in [0.29, 0.717) is 18.1 Å². The first kappa shape index (κ1) is 17.3. The molecule has 0 spiro atoms. The summed E-state index contributed by atoms with van der Waals surface area (Å²) >= 11 is 1.32. The number of esters is 1. The lowest BCUT2D eigenvalue weighted by Crippen LogP contribution is -2.31. The second-order valence-electron chi connectivity index (χ2n) is 5.38. The van der Waals surface area contributed by atoms with Crippen molar-refractivity contribution in [2.45, 2.75) is 18.9 Å². The van der Waals surface area contributed by atoms with Gasteiger partial charge in [0.25, 0.3) is 0 Å². The van der Waals surface area contributed by atoms with Crippen LogP contribution in [0.15, 0.2) is 23.2 Å². The van der Waals surface area contributed by atoms with E-state index in [4.69, 9.17) is 14.2 Å². The summed E-state index contributed by atoms with van der Waals surface area (Å²) in [6, 6.07) is 5.74. The summed E-state index contributed by atoms with van der Waals surface area (Å²) in [7, 11) is 0. The maximum absolute atomic E-state index is 11.8. The molecule has 25 heavy (non-hydrogen) atoms. The van der Waals surface area contributed by atoms with Crippen molar-refractivity contribution >= 4 is 34.5 Å². The number of amides is 1. The average molecular weight is 362 g/mol. The molecule has 1 amide bonds. The van der Waals surface area contributed by atoms with Crippen LogP contribution in [-0.2, 0) is 14.3 Å². The first-order valence-electron chi connectivity index (χ1n) is 7.83. The molecule has 7 nitrogen and oxygen atoms in total. The van der Waals surface area contributed by atoms with E-state index in [1.165, 1.54) is 11.8 Å². The third kappa shape index (κ3) is 4.14. The number of aryl methyl sites for hydroxylation is 1. The van der Waals surface area contributed by atoms with Crippen LogP contribution in [0, 0.1) is 6.92 Å². The summed E-state index contributed by atoms with van der Waals surface area (Å²) in [5, 5.41) is 4.25. The van der Waals surface area contributed by atoms with Gasteiger partial charge in [0, 0.05) is 11.5 Å². The zero-order valence-corrected chi connectivity index (χ0v) is 14.8. The Hall–Kier alpha value is -2.48. The predicted octanol–water partition coefficient (Wildman–Crippen LogP) is 2.04. The highest BCUT2D eigenvalue weighted by molar-refractivity contribution is 7.99. The summed E-state index contributed by atoms with van der Waals surface area (Å²) in [5.41, 5.74) is 1.75. The SMILES string of the molecule is CCOC(=O)CNC(=O)CSc1nc2cc3c(cc2cc1C)OCO3. The van der Waals surface area contributed by atoms with Crippen molar-refractivity contribution in [3.63, 3.8) is 0 Å². The number of nitrogens with one attached hydrogen (secondary N) is 1. The van der Waals surface area contributed by atoms with Gasteiger partial charge in [0.2, 0.25) is 12.7 Å². The summed E-state index contributed by atoms with van der Waals surface area (Å²) in [6.45, 7) is 4.04. The van der Waals surface area contributed by atoms with Crippen LogP contribution in [0.4, 0.5) is 0 Å². The summed E-state index contributed by atoms with van der Waals surface area (Å²) < 4.78 is 15.5. The lowest BCUT2D eigenvalue weighted by atomic mass is 10.1. The fraction of sp³-hybridized carbons (Fsp3) is 0.353. The standard InChI is InChI=1S/C17H18N2O5S/c1-3-22-16(21)7-18-15(20)8-25-17-10(2)4-11-5-13-14(24-9-23-13)6-12(11)19-17/h4-6H,3,7-9H2,1-2H3,(H,18,20). The molecule has 1 aliphatic heterocycles. The van der Waals surface area contributed by atoms with Crippen LogP contribution in [0.2, 0.25) is 0 Å². The van der Waals surface area contributed by atoms with E-state index in [1.807, 2.05) is 25.1 Å². The van der Waals surface area contributed by atoms with E-state index in [0.717, 1.165) is 21.5 Å². The number of ether oxygens (including phenoxy) is 3. The number of nitrogens with zero attached hydrogens (tertiary/aromatic N) is 1. The molecule has 8 heteroatoms. The van der Waals surface area contributed by atoms with Gasteiger partial charge in [0.05, 0.1) is 17.9 Å². The molecule has 2 aromatic rings. The Morgan fingerprint density at radius 1 is 1.28 bits per heavy atom. The first-order chi connectivity index (χ1) is 12.1. The summed E-state index contributed by atoms with van der Waals surface area (Å²) in [6.07, 6.45) is 0. The van der Waals surface area contributed by atoms with Crippen LogP contribution in [0.1, 0.15) is 12.5 Å².